The molecule has 1 aliphatic rings. The minimum Gasteiger partial charge on any atom is -0.313 e. The summed E-state index contributed by atoms with van der Waals surface area (Å²) < 4.78 is 54.1. The van der Waals surface area contributed by atoms with Gasteiger partial charge < -0.3 is 5.32 Å². The zero-order valence-electron chi connectivity index (χ0n) is 12.5. The summed E-state index contributed by atoms with van der Waals surface area (Å²) in [5.41, 5.74) is 0.709. The van der Waals surface area contributed by atoms with E-state index < -0.39 is 32.6 Å². The highest BCUT2D eigenvalue weighted by atomic mass is 35.5. The van der Waals surface area contributed by atoms with Crippen molar-refractivity contribution in [2.45, 2.75) is 10.9 Å². The molecule has 1 saturated heterocycles. The first-order valence-corrected chi connectivity index (χ1v) is 9.14. The second-order valence-electron chi connectivity index (χ2n) is 5.47. The van der Waals surface area contributed by atoms with E-state index in [0.717, 1.165) is 12.1 Å². The zero-order chi connectivity index (χ0) is 17.3. The Bertz CT molecular complexity index is 861. The Kier molecular flexibility index (Phi) is 4.87. The molecule has 1 N–H and O–H groups in total. The van der Waals surface area contributed by atoms with Gasteiger partial charge in [-0.25, -0.2) is 17.2 Å². The molecule has 0 radical (unpaired) electrons. The molecule has 1 aliphatic heterocycles. The fraction of sp³-hybridized carbons (Fsp3) is 0.250. The predicted octanol–water partition coefficient (Wildman–Crippen LogP) is 2.95. The maximum atomic E-state index is 14.0. The molecule has 2 aromatic carbocycles. The Morgan fingerprint density at radius 1 is 1.17 bits per heavy atom. The van der Waals surface area contributed by atoms with Gasteiger partial charge in [0.2, 0.25) is 10.0 Å². The van der Waals surface area contributed by atoms with Crippen LogP contribution in [0.1, 0.15) is 11.6 Å². The van der Waals surface area contributed by atoms with Gasteiger partial charge in [-0.1, -0.05) is 23.7 Å². The van der Waals surface area contributed by atoms with Crippen LogP contribution >= 0.6 is 11.6 Å². The number of halogens is 3. The quantitative estimate of drug-likeness (QED) is 0.901. The molecule has 1 heterocycles. The second kappa shape index (κ2) is 6.76. The van der Waals surface area contributed by atoms with Gasteiger partial charge in [0.1, 0.15) is 16.5 Å². The summed E-state index contributed by atoms with van der Waals surface area (Å²) in [4.78, 5) is -0.530. The molecule has 24 heavy (non-hydrogen) atoms. The molecule has 0 aliphatic carbocycles. The van der Waals surface area contributed by atoms with Crippen LogP contribution in [0.4, 0.5) is 8.78 Å². The molecule has 0 bridgehead atoms. The summed E-state index contributed by atoms with van der Waals surface area (Å²) in [5, 5.41) is 3.62. The van der Waals surface area contributed by atoms with E-state index in [1.54, 1.807) is 24.3 Å². The highest BCUT2D eigenvalue weighted by molar-refractivity contribution is 7.89. The third kappa shape index (κ3) is 3.30. The maximum absolute atomic E-state index is 14.0. The highest BCUT2D eigenvalue weighted by Crippen LogP contribution is 2.31. The largest absolute Gasteiger partial charge is 0.313 e. The molecule has 3 rings (SSSR count). The van der Waals surface area contributed by atoms with Crippen LogP contribution in [-0.4, -0.2) is 32.4 Å². The van der Waals surface area contributed by atoms with Crippen LogP contribution in [-0.2, 0) is 10.0 Å². The molecule has 1 fully saturated rings. The van der Waals surface area contributed by atoms with Gasteiger partial charge in [0.15, 0.2) is 0 Å². The molecule has 4 nitrogen and oxygen atoms in total. The van der Waals surface area contributed by atoms with Crippen molar-refractivity contribution in [3.63, 3.8) is 0 Å². The van der Waals surface area contributed by atoms with Gasteiger partial charge in [-0.05, 0) is 29.8 Å². The van der Waals surface area contributed by atoms with Crippen LogP contribution in [0.25, 0.3) is 0 Å². The van der Waals surface area contributed by atoms with Crippen molar-refractivity contribution in [2.75, 3.05) is 19.6 Å². The van der Waals surface area contributed by atoms with Gasteiger partial charge in [0.05, 0.1) is 6.04 Å². The van der Waals surface area contributed by atoms with Crippen LogP contribution in [0, 0.1) is 11.6 Å². The minimum absolute atomic E-state index is 0.177. The number of benzene rings is 2. The first-order valence-electron chi connectivity index (χ1n) is 7.32. The van der Waals surface area contributed by atoms with Crippen molar-refractivity contribution in [3.05, 3.63) is 64.7 Å². The third-order valence-electron chi connectivity index (χ3n) is 3.91. The summed E-state index contributed by atoms with van der Waals surface area (Å²) in [7, 11) is -4.11. The number of sulfonamides is 1. The van der Waals surface area contributed by atoms with Crippen molar-refractivity contribution in [3.8, 4) is 0 Å². The van der Waals surface area contributed by atoms with Gasteiger partial charge in [0, 0.05) is 30.7 Å². The van der Waals surface area contributed by atoms with E-state index >= 15 is 0 Å². The average Bonchev–Trinajstić information content (AvgIpc) is 2.54. The summed E-state index contributed by atoms with van der Waals surface area (Å²) in [6.07, 6.45) is 0. The Morgan fingerprint density at radius 2 is 1.96 bits per heavy atom. The van der Waals surface area contributed by atoms with E-state index in [1.807, 2.05) is 0 Å². The van der Waals surface area contributed by atoms with Crippen molar-refractivity contribution in [2.24, 2.45) is 0 Å². The molecule has 0 aromatic heterocycles. The van der Waals surface area contributed by atoms with Gasteiger partial charge >= 0.3 is 0 Å². The summed E-state index contributed by atoms with van der Waals surface area (Å²) in [5.74, 6) is -1.92. The SMILES string of the molecule is O=S(=O)(c1ccc(F)cc1F)N1CCNCC1c1cccc(Cl)c1. The topological polar surface area (TPSA) is 49.4 Å². The molecular formula is C16H15ClF2N2O2S. The monoisotopic (exact) mass is 372 g/mol. The van der Waals surface area contributed by atoms with E-state index in [1.165, 1.54) is 4.31 Å². The fourth-order valence-electron chi connectivity index (χ4n) is 2.78. The lowest BCUT2D eigenvalue weighted by molar-refractivity contribution is 0.270. The third-order valence-corrected chi connectivity index (χ3v) is 6.08. The van der Waals surface area contributed by atoms with Crippen molar-refractivity contribution >= 4 is 21.6 Å². The number of nitrogens with zero attached hydrogens (tertiary/aromatic N) is 1. The number of nitrogens with one attached hydrogen (secondary N) is 1. The van der Waals surface area contributed by atoms with Gasteiger partial charge in [0.25, 0.3) is 0 Å². The summed E-state index contributed by atoms with van der Waals surface area (Å²) >= 11 is 6.00. The Balaban J connectivity index is 2.03. The molecule has 0 spiro atoms. The lowest BCUT2D eigenvalue weighted by atomic mass is 10.1. The molecule has 128 valence electrons. The lowest BCUT2D eigenvalue weighted by Gasteiger charge is -2.35. The van der Waals surface area contributed by atoms with Crippen LogP contribution in [0.3, 0.4) is 0 Å². The molecule has 2 aromatic rings. The number of rotatable bonds is 3. The Hall–Kier alpha value is -1.54. The molecule has 1 atom stereocenters. The standard InChI is InChI=1S/C16H15ClF2N2O2S/c17-12-3-1-2-11(8-12)15-10-20-6-7-21(15)24(22,23)16-5-4-13(18)9-14(16)19/h1-5,8-9,15,20H,6-7,10H2. The van der Waals surface area contributed by atoms with Crippen molar-refractivity contribution in [1.29, 1.82) is 0 Å². The lowest BCUT2D eigenvalue weighted by Crippen LogP contribution is -2.48. The number of hydrogen-bond donors (Lipinski definition) is 1. The zero-order valence-corrected chi connectivity index (χ0v) is 14.1. The minimum atomic E-state index is -4.11. The normalized spacial score (nSPS) is 19.4. The first-order chi connectivity index (χ1) is 11.4. The second-order valence-corrected chi connectivity index (χ2v) is 7.76. The summed E-state index contributed by atoms with van der Waals surface area (Å²) in [6, 6.07) is 8.82. The number of hydrogen-bond acceptors (Lipinski definition) is 3. The molecule has 0 amide bonds. The number of piperazine rings is 1. The molecule has 0 saturated carbocycles. The summed E-state index contributed by atoms with van der Waals surface area (Å²) in [6.45, 7) is 0.998. The average molecular weight is 373 g/mol. The predicted molar refractivity (Wildman–Crippen MR) is 87.3 cm³/mol. The van der Waals surface area contributed by atoms with Crippen molar-refractivity contribution < 1.29 is 17.2 Å². The van der Waals surface area contributed by atoms with Crippen LogP contribution < -0.4 is 5.32 Å². The Labute approximate surface area is 144 Å². The fourth-order valence-corrected chi connectivity index (χ4v) is 4.64. The van der Waals surface area contributed by atoms with E-state index in [0.29, 0.717) is 29.7 Å². The van der Waals surface area contributed by atoms with Crippen LogP contribution in [0.2, 0.25) is 5.02 Å². The maximum Gasteiger partial charge on any atom is 0.246 e. The van der Waals surface area contributed by atoms with Crippen LogP contribution in [0.5, 0.6) is 0 Å². The van der Waals surface area contributed by atoms with Crippen LogP contribution in [0.15, 0.2) is 47.4 Å². The van der Waals surface area contributed by atoms with Gasteiger partial charge in [-0.3, -0.25) is 0 Å². The van der Waals surface area contributed by atoms with E-state index in [4.69, 9.17) is 11.6 Å². The Morgan fingerprint density at radius 3 is 2.67 bits per heavy atom. The van der Waals surface area contributed by atoms with Crippen molar-refractivity contribution in [1.82, 2.24) is 9.62 Å². The van der Waals surface area contributed by atoms with Gasteiger partial charge in [-0.15, -0.1) is 0 Å². The molecular weight excluding hydrogens is 358 g/mol. The smallest absolute Gasteiger partial charge is 0.246 e. The molecule has 1 unspecified atom stereocenters. The first kappa shape index (κ1) is 17.3. The van der Waals surface area contributed by atoms with E-state index in [9.17, 15) is 17.2 Å². The highest BCUT2D eigenvalue weighted by Gasteiger charge is 2.36. The van der Waals surface area contributed by atoms with Gasteiger partial charge in [-0.2, -0.15) is 4.31 Å². The van der Waals surface area contributed by atoms with E-state index in [-0.39, 0.29) is 6.54 Å². The van der Waals surface area contributed by atoms with E-state index in [2.05, 4.69) is 5.32 Å². The molecule has 8 heteroatoms.